The summed E-state index contributed by atoms with van der Waals surface area (Å²) in [5.41, 5.74) is 5.90. The first-order chi connectivity index (χ1) is 8.66. The lowest BCUT2D eigenvalue weighted by molar-refractivity contribution is -0.130. The quantitative estimate of drug-likeness (QED) is 0.872. The summed E-state index contributed by atoms with van der Waals surface area (Å²) >= 11 is 0. The molecule has 4 nitrogen and oxygen atoms in total. The average molecular weight is 248 g/mol. The Bertz CT molecular complexity index is 384. The fourth-order valence-electron chi connectivity index (χ4n) is 2.13. The van der Waals surface area contributed by atoms with E-state index < -0.39 is 0 Å². The highest BCUT2D eigenvalue weighted by Crippen LogP contribution is 2.15. The molecule has 2 atom stereocenters. The van der Waals surface area contributed by atoms with Crippen LogP contribution < -0.4 is 10.5 Å². The summed E-state index contributed by atoms with van der Waals surface area (Å²) < 4.78 is 5.51. The highest BCUT2D eigenvalue weighted by Gasteiger charge is 2.29. The lowest BCUT2D eigenvalue weighted by Crippen LogP contribution is -2.32. The molecular weight excluding hydrogens is 228 g/mol. The first-order valence-electron chi connectivity index (χ1n) is 6.38. The largest absolute Gasteiger partial charge is 0.493 e. The molecule has 1 aromatic carbocycles. The number of rotatable bonds is 4. The van der Waals surface area contributed by atoms with E-state index in [-0.39, 0.29) is 11.9 Å². The molecule has 2 unspecified atom stereocenters. The van der Waals surface area contributed by atoms with Crippen LogP contribution >= 0.6 is 0 Å². The van der Waals surface area contributed by atoms with E-state index in [0.717, 1.165) is 12.3 Å². The molecule has 1 heterocycles. The maximum atomic E-state index is 11.9. The molecule has 0 saturated carbocycles. The van der Waals surface area contributed by atoms with Crippen LogP contribution in [-0.2, 0) is 4.79 Å². The number of hydrogen-bond acceptors (Lipinski definition) is 3. The molecule has 1 saturated heterocycles. The Morgan fingerprint density at radius 1 is 1.39 bits per heavy atom. The van der Waals surface area contributed by atoms with Gasteiger partial charge in [0.1, 0.15) is 5.75 Å². The van der Waals surface area contributed by atoms with Crippen LogP contribution in [0.4, 0.5) is 0 Å². The Balaban J connectivity index is 1.73. The fraction of sp³-hybridized carbons (Fsp3) is 0.500. The van der Waals surface area contributed by atoms with E-state index >= 15 is 0 Å². The number of carbonyl (C=O) groups is 1. The number of benzene rings is 1. The van der Waals surface area contributed by atoms with Crippen LogP contribution in [0.25, 0.3) is 0 Å². The molecule has 4 heteroatoms. The predicted molar refractivity (Wildman–Crippen MR) is 70.3 cm³/mol. The van der Waals surface area contributed by atoms with E-state index in [1.807, 2.05) is 35.2 Å². The zero-order valence-corrected chi connectivity index (χ0v) is 10.7. The Hall–Kier alpha value is -1.55. The molecule has 1 fully saturated rings. The normalized spacial score (nSPS) is 23.1. The number of hydrogen-bond donors (Lipinski definition) is 1. The number of amides is 1. The third-order valence-corrected chi connectivity index (χ3v) is 3.35. The molecule has 1 aliphatic heterocycles. The van der Waals surface area contributed by atoms with Crippen LogP contribution in [0, 0.1) is 5.92 Å². The molecule has 0 bridgehead atoms. The van der Waals surface area contributed by atoms with E-state index in [4.69, 9.17) is 10.5 Å². The molecule has 0 aliphatic carbocycles. The van der Waals surface area contributed by atoms with Crippen molar-refractivity contribution in [3.05, 3.63) is 30.3 Å². The molecule has 0 radical (unpaired) electrons. The van der Waals surface area contributed by atoms with Gasteiger partial charge >= 0.3 is 0 Å². The molecule has 1 aromatic rings. The average Bonchev–Trinajstić information content (AvgIpc) is 2.71. The lowest BCUT2D eigenvalue weighted by atomic mass is 10.1. The molecule has 2 N–H and O–H groups in total. The van der Waals surface area contributed by atoms with Gasteiger partial charge in [0.05, 0.1) is 13.0 Å². The minimum absolute atomic E-state index is 0.115. The van der Waals surface area contributed by atoms with Crippen LogP contribution in [0.2, 0.25) is 0 Å². The lowest BCUT2D eigenvalue weighted by Gasteiger charge is -2.16. The van der Waals surface area contributed by atoms with Crippen molar-refractivity contribution < 1.29 is 9.53 Å². The van der Waals surface area contributed by atoms with E-state index in [9.17, 15) is 4.79 Å². The number of ether oxygens (including phenoxy) is 1. The Morgan fingerprint density at radius 2 is 2.11 bits per heavy atom. The zero-order valence-electron chi connectivity index (χ0n) is 10.7. The van der Waals surface area contributed by atoms with Gasteiger partial charge in [-0.1, -0.05) is 25.1 Å². The first kappa shape index (κ1) is 12.9. The molecule has 2 rings (SSSR count). The number of para-hydroxylation sites is 1. The second-order valence-corrected chi connectivity index (χ2v) is 4.85. The van der Waals surface area contributed by atoms with Gasteiger partial charge in [-0.15, -0.1) is 0 Å². The molecule has 18 heavy (non-hydrogen) atoms. The van der Waals surface area contributed by atoms with E-state index in [2.05, 4.69) is 6.92 Å². The Kier molecular flexibility index (Phi) is 4.20. The molecule has 98 valence electrons. The third kappa shape index (κ3) is 3.23. The van der Waals surface area contributed by atoms with Gasteiger partial charge in [-0.2, -0.15) is 0 Å². The standard InChI is InChI=1S/C14H20N2O2/c1-11-9-16(10-13(11)15)14(17)7-8-18-12-5-3-2-4-6-12/h2-6,11,13H,7-10,15H2,1H3. The van der Waals surface area contributed by atoms with Gasteiger partial charge in [0.2, 0.25) is 5.91 Å². The summed E-state index contributed by atoms with van der Waals surface area (Å²) in [6, 6.07) is 9.65. The Labute approximate surface area is 108 Å². The van der Waals surface area contributed by atoms with Gasteiger partial charge < -0.3 is 15.4 Å². The number of carbonyl (C=O) groups excluding carboxylic acids is 1. The van der Waals surface area contributed by atoms with E-state index in [1.165, 1.54) is 0 Å². The van der Waals surface area contributed by atoms with E-state index in [1.54, 1.807) is 0 Å². The van der Waals surface area contributed by atoms with Crippen molar-refractivity contribution in [1.29, 1.82) is 0 Å². The van der Waals surface area contributed by atoms with E-state index in [0.29, 0.717) is 25.5 Å². The third-order valence-electron chi connectivity index (χ3n) is 3.35. The topological polar surface area (TPSA) is 55.6 Å². The molecule has 1 amide bonds. The van der Waals surface area contributed by atoms with Crippen molar-refractivity contribution in [3.63, 3.8) is 0 Å². The summed E-state index contributed by atoms with van der Waals surface area (Å²) in [4.78, 5) is 13.8. The van der Waals surface area contributed by atoms with Crippen LogP contribution in [-0.4, -0.2) is 36.5 Å². The van der Waals surface area contributed by atoms with Gasteiger partial charge in [0, 0.05) is 19.1 Å². The van der Waals surface area contributed by atoms with Crippen LogP contribution in [0.3, 0.4) is 0 Å². The second-order valence-electron chi connectivity index (χ2n) is 4.85. The zero-order chi connectivity index (χ0) is 13.0. The predicted octanol–water partition coefficient (Wildman–Crippen LogP) is 1.26. The van der Waals surface area contributed by atoms with Crippen molar-refractivity contribution in [1.82, 2.24) is 4.90 Å². The molecule has 1 aliphatic rings. The first-order valence-corrected chi connectivity index (χ1v) is 6.38. The molecular formula is C14H20N2O2. The summed E-state index contributed by atoms with van der Waals surface area (Å²) in [5, 5.41) is 0. The molecule has 0 aromatic heterocycles. The highest BCUT2D eigenvalue weighted by molar-refractivity contribution is 5.76. The van der Waals surface area contributed by atoms with Gasteiger partial charge in [0.25, 0.3) is 0 Å². The fourth-order valence-corrected chi connectivity index (χ4v) is 2.13. The minimum Gasteiger partial charge on any atom is -0.493 e. The highest BCUT2D eigenvalue weighted by atomic mass is 16.5. The summed E-state index contributed by atoms with van der Waals surface area (Å²) in [5.74, 6) is 1.33. The monoisotopic (exact) mass is 248 g/mol. The van der Waals surface area contributed by atoms with Gasteiger partial charge in [-0.05, 0) is 18.1 Å². The maximum absolute atomic E-state index is 11.9. The van der Waals surface area contributed by atoms with Crippen molar-refractivity contribution in [3.8, 4) is 5.75 Å². The summed E-state index contributed by atoms with van der Waals surface area (Å²) in [6.45, 7) is 3.94. The number of nitrogens with two attached hydrogens (primary N) is 1. The molecule has 0 spiro atoms. The number of likely N-dealkylation sites (tertiary alicyclic amines) is 1. The van der Waals surface area contributed by atoms with Crippen molar-refractivity contribution in [2.24, 2.45) is 11.7 Å². The minimum atomic E-state index is 0.115. The van der Waals surface area contributed by atoms with Gasteiger partial charge in [0.15, 0.2) is 0 Å². The number of nitrogens with zero attached hydrogens (tertiary/aromatic N) is 1. The maximum Gasteiger partial charge on any atom is 0.226 e. The van der Waals surface area contributed by atoms with Crippen LogP contribution in [0.1, 0.15) is 13.3 Å². The Morgan fingerprint density at radius 3 is 2.72 bits per heavy atom. The summed E-state index contributed by atoms with van der Waals surface area (Å²) in [7, 11) is 0. The van der Waals surface area contributed by atoms with Gasteiger partial charge in [-0.25, -0.2) is 0 Å². The summed E-state index contributed by atoms with van der Waals surface area (Å²) in [6.07, 6.45) is 0.411. The SMILES string of the molecule is CC1CN(C(=O)CCOc2ccccc2)CC1N. The van der Waals surface area contributed by atoms with Crippen LogP contribution in [0.5, 0.6) is 5.75 Å². The van der Waals surface area contributed by atoms with Crippen molar-refractivity contribution in [2.75, 3.05) is 19.7 Å². The smallest absolute Gasteiger partial charge is 0.226 e. The van der Waals surface area contributed by atoms with Gasteiger partial charge in [-0.3, -0.25) is 4.79 Å². The van der Waals surface area contributed by atoms with Crippen molar-refractivity contribution >= 4 is 5.91 Å². The van der Waals surface area contributed by atoms with Crippen LogP contribution in [0.15, 0.2) is 30.3 Å². The second kappa shape index (κ2) is 5.87. The van der Waals surface area contributed by atoms with Crippen molar-refractivity contribution in [2.45, 2.75) is 19.4 Å².